The van der Waals surface area contributed by atoms with Gasteiger partial charge < -0.3 is 14.2 Å². The zero-order valence-corrected chi connectivity index (χ0v) is 12.9. The standard InChI is InChI=1S/C18H22O3/c1-4-5-9-14-12-13-16(19-2)18(20-3)17(14)21-15-10-7-6-8-11-15/h6-8,10-13H,4-5,9H2,1-3H3. The molecule has 0 saturated heterocycles. The van der Waals surface area contributed by atoms with Crippen LogP contribution >= 0.6 is 0 Å². The van der Waals surface area contributed by atoms with E-state index in [9.17, 15) is 0 Å². The molecule has 3 nitrogen and oxygen atoms in total. The van der Waals surface area contributed by atoms with Crippen LogP contribution < -0.4 is 14.2 Å². The molecule has 0 amide bonds. The molecule has 0 aliphatic carbocycles. The Hall–Kier alpha value is -2.16. The van der Waals surface area contributed by atoms with Crippen LogP contribution in [0.3, 0.4) is 0 Å². The van der Waals surface area contributed by atoms with Crippen LogP contribution in [0.4, 0.5) is 0 Å². The van der Waals surface area contributed by atoms with Crippen molar-refractivity contribution >= 4 is 0 Å². The molecule has 0 N–H and O–H groups in total. The maximum Gasteiger partial charge on any atom is 0.204 e. The monoisotopic (exact) mass is 286 g/mol. The maximum atomic E-state index is 6.07. The predicted molar refractivity (Wildman–Crippen MR) is 84.7 cm³/mol. The van der Waals surface area contributed by atoms with Gasteiger partial charge in [0.15, 0.2) is 11.5 Å². The lowest BCUT2D eigenvalue weighted by Gasteiger charge is -2.17. The lowest BCUT2D eigenvalue weighted by atomic mass is 10.1. The van der Waals surface area contributed by atoms with E-state index in [0.717, 1.165) is 36.3 Å². The second kappa shape index (κ2) is 7.58. The molecule has 2 aromatic carbocycles. The average molecular weight is 286 g/mol. The topological polar surface area (TPSA) is 27.7 Å². The highest BCUT2D eigenvalue weighted by molar-refractivity contribution is 5.57. The van der Waals surface area contributed by atoms with Crippen molar-refractivity contribution in [2.24, 2.45) is 0 Å². The van der Waals surface area contributed by atoms with Crippen molar-refractivity contribution in [3.05, 3.63) is 48.0 Å². The van der Waals surface area contributed by atoms with Gasteiger partial charge in [-0.25, -0.2) is 0 Å². The Bertz CT molecular complexity index is 564. The summed E-state index contributed by atoms with van der Waals surface area (Å²) in [5.41, 5.74) is 1.14. The molecule has 2 rings (SSSR count). The van der Waals surface area contributed by atoms with E-state index in [-0.39, 0.29) is 0 Å². The van der Waals surface area contributed by atoms with Crippen molar-refractivity contribution < 1.29 is 14.2 Å². The highest BCUT2D eigenvalue weighted by Gasteiger charge is 2.17. The molecule has 2 aromatic rings. The molecule has 0 heterocycles. The maximum absolute atomic E-state index is 6.07. The summed E-state index contributed by atoms with van der Waals surface area (Å²) in [5, 5.41) is 0. The number of benzene rings is 2. The second-order valence-corrected chi connectivity index (χ2v) is 4.81. The first-order valence-electron chi connectivity index (χ1n) is 7.27. The van der Waals surface area contributed by atoms with E-state index in [1.54, 1.807) is 14.2 Å². The van der Waals surface area contributed by atoms with Crippen molar-refractivity contribution in [1.82, 2.24) is 0 Å². The van der Waals surface area contributed by atoms with Gasteiger partial charge in [-0.2, -0.15) is 0 Å². The summed E-state index contributed by atoms with van der Waals surface area (Å²) in [6, 6.07) is 13.7. The molecule has 0 saturated carbocycles. The Balaban J connectivity index is 2.42. The van der Waals surface area contributed by atoms with Crippen LogP contribution in [-0.4, -0.2) is 14.2 Å². The normalized spacial score (nSPS) is 10.2. The lowest BCUT2D eigenvalue weighted by Crippen LogP contribution is -1.99. The Kier molecular flexibility index (Phi) is 5.50. The summed E-state index contributed by atoms with van der Waals surface area (Å²) in [4.78, 5) is 0. The minimum absolute atomic E-state index is 0.648. The fourth-order valence-electron chi connectivity index (χ4n) is 2.22. The van der Waals surface area contributed by atoms with Crippen molar-refractivity contribution in [3.8, 4) is 23.0 Å². The number of para-hydroxylation sites is 1. The minimum atomic E-state index is 0.648. The molecule has 21 heavy (non-hydrogen) atoms. The molecule has 0 bridgehead atoms. The van der Waals surface area contributed by atoms with Gasteiger partial charge in [0.1, 0.15) is 5.75 Å². The van der Waals surface area contributed by atoms with Gasteiger partial charge in [0.25, 0.3) is 0 Å². The third-order valence-corrected chi connectivity index (χ3v) is 3.34. The molecule has 0 aliphatic heterocycles. The van der Waals surface area contributed by atoms with Crippen molar-refractivity contribution in [2.75, 3.05) is 14.2 Å². The van der Waals surface area contributed by atoms with Crippen LogP contribution in [0.5, 0.6) is 23.0 Å². The fourth-order valence-corrected chi connectivity index (χ4v) is 2.22. The third kappa shape index (κ3) is 3.69. The number of hydrogen-bond donors (Lipinski definition) is 0. The zero-order valence-electron chi connectivity index (χ0n) is 12.9. The summed E-state index contributed by atoms with van der Waals surface area (Å²) in [6.45, 7) is 2.18. The van der Waals surface area contributed by atoms with Crippen molar-refractivity contribution in [1.29, 1.82) is 0 Å². The van der Waals surface area contributed by atoms with Crippen LogP contribution in [0.1, 0.15) is 25.3 Å². The molecule has 0 unspecified atom stereocenters. The van der Waals surface area contributed by atoms with E-state index in [2.05, 4.69) is 13.0 Å². The van der Waals surface area contributed by atoms with Gasteiger partial charge in [-0.15, -0.1) is 0 Å². The number of methoxy groups -OCH3 is 2. The fraction of sp³-hybridized carbons (Fsp3) is 0.333. The van der Waals surface area contributed by atoms with Crippen molar-refractivity contribution in [2.45, 2.75) is 26.2 Å². The van der Waals surface area contributed by atoms with E-state index >= 15 is 0 Å². The molecule has 0 aromatic heterocycles. The number of aryl methyl sites for hydroxylation is 1. The van der Waals surface area contributed by atoms with Crippen LogP contribution in [-0.2, 0) is 6.42 Å². The molecule has 0 fully saturated rings. The molecule has 3 heteroatoms. The van der Waals surface area contributed by atoms with Crippen LogP contribution in [0.2, 0.25) is 0 Å². The molecule has 0 aliphatic rings. The molecule has 112 valence electrons. The number of ether oxygens (including phenoxy) is 3. The van der Waals surface area contributed by atoms with E-state index < -0.39 is 0 Å². The summed E-state index contributed by atoms with van der Waals surface area (Å²) in [7, 11) is 3.27. The Morgan fingerprint density at radius 1 is 0.857 bits per heavy atom. The third-order valence-electron chi connectivity index (χ3n) is 3.34. The summed E-state index contributed by atoms with van der Waals surface area (Å²) in [6.07, 6.45) is 3.21. The zero-order chi connectivity index (χ0) is 15.1. The van der Waals surface area contributed by atoms with Gasteiger partial charge in [0.05, 0.1) is 14.2 Å². The smallest absolute Gasteiger partial charge is 0.204 e. The highest BCUT2D eigenvalue weighted by Crippen LogP contribution is 2.42. The Morgan fingerprint density at radius 3 is 2.24 bits per heavy atom. The van der Waals surface area contributed by atoms with Gasteiger partial charge >= 0.3 is 0 Å². The second-order valence-electron chi connectivity index (χ2n) is 4.81. The molecule has 0 atom stereocenters. The first-order valence-corrected chi connectivity index (χ1v) is 7.27. The largest absolute Gasteiger partial charge is 0.493 e. The average Bonchev–Trinajstić information content (AvgIpc) is 2.54. The first-order chi connectivity index (χ1) is 10.3. The van der Waals surface area contributed by atoms with E-state index in [1.807, 2.05) is 36.4 Å². The summed E-state index contributed by atoms with van der Waals surface area (Å²) < 4.78 is 16.9. The van der Waals surface area contributed by atoms with Gasteiger partial charge in [-0.05, 0) is 36.6 Å². The number of hydrogen-bond acceptors (Lipinski definition) is 3. The highest BCUT2D eigenvalue weighted by atomic mass is 16.5. The molecular formula is C18H22O3. The van der Waals surface area contributed by atoms with Gasteiger partial charge in [-0.3, -0.25) is 0 Å². The van der Waals surface area contributed by atoms with Crippen molar-refractivity contribution in [3.63, 3.8) is 0 Å². The molecular weight excluding hydrogens is 264 g/mol. The van der Waals surface area contributed by atoms with E-state index in [0.29, 0.717) is 11.5 Å². The first kappa shape index (κ1) is 15.2. The van der Waals surface area contributed by atoms with Crippen LogP contribution in [0, 0.1) is 0 Å². The lowest BCUT2D eigenvalue weighted by molar-refractivity contribution is 0.334. The SMILES string of the molecule is CCCCc1ccc(OC)c(OC)c1Oc1ccccc1. The van der Waals surface area contributed by atoms with Crippen LogP contribution in [0.15, 0.2) is 42.5 Å². The molecule has 0 radical (unpaired) electrons. The molecule has 0 spiro atoms. The predicted octanol–water partition coefficient (Wildman–Crippen LogP) is 4.84. The summed E-state index contributed by atoms with van der Waals surface area (Å²) >= 11 is 0. The Labute approximate surface area is 126 Å². The number of rotatable bonds is 7. The minimum Gasteiger partial charge on any atom is -0.493 e. The van der Waals surface area contributed by atoms with Crippen LogP contribution in [0.25, 0.3) is 0 Å². The van der Waals surface area contributed by atoms with Gasteiger partial charge in [-0.1, -0.05) is 37.6 Å². The van der Waals surface area contributed by atoms with Gasteiger partial charge in [0.2, 0.25) is 5.75 Å². The summed E-state index contributed by atoms with van der Waals surface area (Å²) in [5.74, 6) is 2.87. The Morgan fingerprint density at radius 2 is 1.62 bits per heavy atom. The quantitative estimate of drug-likeness (QED) is 0.729. The van der Waals surface area contributed by atoms with Gasteiger partial charge in [0, 0.05) is 0 Å². The van der Waals surface area contributed by atoms with E-state index in [4.69, 9.17) is 14.2 Å². The van der Waals surface area contributed by atoms with E-state index in [1.165, 1.54) is 0 Å². The number of unbranched alkanes of at least 4 members (excludes halogenated alkanes) is 1.